The number of benzene rings is 2. The highest BCUT2D eigenvalue weighted by molar-refractivity contribution is 5.35. The van der Waals surface area contributed by atoms with E-state index in [-0.39, 0.29) is 0 Å². The molecule has 0 fully saturated rings. The summed E-state index contributed by atoms with van der Waals surface area (Å²) >= 11 is 0. The van der Waals surface area contributed by atoms with Crippen LogP contribution in [0.25, 0.3) is 0 Å². The molecule has 1 aliphatic heterocycles. The number of ether oxygens (including phenoxy) is 3. The van der Waals surface area contributed by atoms with Gasteiger partial charge in [-0.1, -0.05) is 24.3 Å². The average molecular weight is 323 g/mol. The van der Waals surface area contributed by atoms with Gasteiger partial charge in [0.2, 0.25) is 0 Å². The largest absolute Gasteiger partial charge is 0.457 e. The van der Waals surface area contributed by atoms with E-state index in [4.69, 9.17) is 14.2 Å². The molecule has 2 aromatic carbocycles. The highest BCUT2D eigenvalue weighted by Gasteiger charge is 2.35. The second-order valence-electron chi connectivity index (χ2n) is 5.36. The van der Waals surface area contributed by atoms with Crippen molar-refractivity contribution in [1.82, 2.24) is 4.90 Å². The van der Waals surface area contributed by atoms with Crippen LogP contribution in [0.5, 0.6) is 17.2 Å². The Kier molecular flexibility index (Phi) is 4.87. The third kappa shape index (κ3) is 3.60. The minimum Gasteiger partial charge on any atom is -0.457 e. The maximum atomic E-state index is 6.11. The molecule has 0 amide bonds. The minimum absolute atomic E-state index is 0.539. The number of nitrogens with zero attached hydrogens (tertiary/aromatic N) is 1. The van der Waals surface area contributed by atoms with Gasteiger partial charge >= 0.3 is 5.91 Å². The maximum absolute atomic E-state index is 6.11. The van der Waals surface area contributed by atoms with Crippen LogP contribution in [-0.2, 0) is 4.74 Å². The molecular weight excluding hydrogens is 302 g/mol. The summed E-state index contributed by atoms with van der Waals surface area (Å²) in [7, 11) is 1.92. The molecule has 0 bridgehead atoms. The van der Waals surface area contributed by atoms with Crippen molar-refractivity contribution in [3.05, 3.63) is 79.0 Å². The second-order valence-corrected chi connectivity index (χ2v) is 5.36. The topological polar surface area (TPSA) is 30.9 Å². The van der Waals surface area contributed by atoms with E-state index in [0.717, 1.165) is 11.5 Å². The van der Waals surface area contributed by atoms with Crippen molar-refractivity contribution >= 4 is 0 Å². The third-order valence-corrected chi connectivity index (χ3v) is 3.64. The highest BCUT2D eigenvalue weighted by Crippen LogP contribution is 2.29. The summed E-state index contributed by atoms with van der Waals surface area (Å²) in [6.07, 6.45) is 7.67. The normalized spacial score (nSPS) is 19.3. The minimum atomic E-state index is -0.925. The van der Waals surface area contributed by atoms with Crippen molar-refractivity contribution in [2.75, 3.05) is 13.7 Å². The Hall–Kier alpha value is -2.72. The first kappa shape index (κ1) is 16.1. The van der Waals surface area contributed by atoms with Gasteiger partial charge in [0, 0.05) is 19.3 Å². The summed E-state index contributed by atoms with van der Waals surface area (Å²) in [5.41, 5.74) is 0. The monoisotopic (exact) mass is 323 g/mol. The smallest absolute Gasteiger partial charge is 0.315 e. The molecule has 1 heterocycles. The lowest BCUT2D eigenvalue weighted by atomic mass is 10.2. The maximum Gasteiger partial charge on any atom is 0.315 e. The number of para-hydroxylation sites is 1. The molecule has 1 unspecified atom stereocenters. The Morgan fingerprint density at radius 3 is 2.21 bits per heavy atom. The summed E-state index contributed by atoms with van der Waals surface area (Å²) in [6, 6.07) is 17.2. The van der Waals surface area contributed by atoms with Gasteiger partial charge in [-0.3, -0.25) is 0 Å². The van der Waals surface area contributed by atoms with Crippen LogP contribution in [0.1, 0.15) is 6.92 Å². The average Bonchev–Trinajstić information content (AvgIpc) is 2.61. The first-order valence-corrected chi connectivity index (χ1v) is 7.97. The van der Waals surface area contributed by atoms with Gasteiger partial charge in [0.1, 0.15) is 17.2 Å². The Morgan fingerprint density at radius 2 is 1.54 bits per heavy atom. The van der Waals surface area contributed by atoms with Crippen LogP contribution in [0.15, 0.2) is 79.0 Å². The summed E-state index contributed by atoms with van der Waals surface area (Å²) < 4.78 is 17.8. The van der Waals surface area contributed by atoms with Gasteiger partial charge in [-0.15, -0.1) is 0 Å². The molecule has 0 saturated heterocycles. The van der Waals surface area contributed by atoms with Crippen molar-refractivity contribution in [3.63, 3.8) is 0 Å². The molecule has 124 valence electrons. The zero-order valence-corrected chi connectivity index (χ0v) is 13.9. The van der Waals surface area contributed by atoms with Crippen LogP contribution >= 0.6 is 0 Å². The van der Waals surface area contributed by atoms with E-state index < -0.39 is 5.91 Å². The summed E-state index contributed by atoms with van der Waals surface area (Å²) in [5, 5.41) is 0. The molecule has 24 heavy (non-hydrogen) atoms. The lowest BCUT2D eigenvalue weighted by Crippen LogP contribution is -2.50. The second kappa shape index (κ2) is 7.23. The molecule has 1 aliphatic rings. The van der Waals surface area contributed by atoms with Gasteiger partial charge in [-0.25, -0.2) is 0 Å². The van der Waals surface area contributed by atoms with E-state index in [1.165, 1.54) is 0 Å². The van der Waals surface area contributed by atoms with Crippen LogP contribution in [0, 0.1) is 0 Å². The lowest BCUT2D eigenvalue weighted by molar-refractivity contribution is -0.217. The fourth-order valence-electron chi connectivity index (χ4n) is 2.44. The van der Waals surface area contributed by atoms with Crippen LogP contribution in [0.4, 0.5) is 0 Å². The SMILES string of the molecule is CCOC1(Oc2ccc(Oc3ccccc3)cc2)C=CC=CN1C. The molecule has 0 radical (unpaired) electrons. The zero-order chi connectivity index (χ0) is 16.8. The summed E-state index contributed by atoms with van der Waals surface area (Å²) in [5.74, 6) is 1.34. The fourth-order valence-corrected chi connectivity index (χ4v) is 2.44. The van der Waals surface area contributed by atoms with E-state index in [2.05, 4.69) is 0 Å². The van der Waals surface area contributed by atoms with E-state index in [9.17, 15) is 0 Å². The van der Waals surface area contributed by atoms with Gasteiger partial charge in [-0.2, -0.15) is 0 Å². The van der Waals surface area contributed by atoms with Crippen molar-refractivity contribution in [2.45, 2.75) is 12.8 Å². The molecule has 0 N–H and O–H groups in total. The summed E-state index contributed by atoms with van der Waals surface area (Å²) in [4.78, 5) is 1.89. The van der Waals surface area contributed by atoms with Crippen LogP contribution < -0.4 is 9.47 Å². The number of hydrogen-bond donors (Lipinski definition) is 0. The van der Waals surface area contributed by atoms with Crippen LogP contribution in [0.3, 0.4) is 0 Å². The van der Waals surface area contributed by atoms with Gasteiger partial charge in [0.05, 0.1) is 6.61 Å². The number of likely N-dealkylation sites (N-methyl/N-ethyl adjacent to an activating group) is 1. The van der Waals surface area contributed by atoms with Crippen molar-refractivity contribution in [3.8, 4) is 17.2 Å². The standard InChI is InChI=1S/C20H21NO3/c1-3-22-20(15-7-8-16-21(20)2)24-19-13-11-18(12-14-19)23-17-9-5-4-6-10-17/h4-16H,3H2,1-2H3. The van der Waals surface area contributed by atoms with Gasteiger partial charge in [0.15, 0.2) is 0 Å². The van der Waals surface area contributed by atoms with Gasteiger partial charge < -0.3 is 19.1 Å². The molecule has 1 atom stereocenters. The Morgan fingerprint density at radius 1 is 0.875 bits per heavy atom. The molecule has 0 aliphatic carbocycles. The van der Waals surface area contributed by atoms with Gasteiger partial charge in [0.25, 0.3) is 0 Å². The van der Waals surface area contributed by atoms with E-state index in [1.54, 1.807) is 0 Å². The molecule has 3 rings (SSSR count). The van der Waals surface area contributed by atoms with Crippen molar-refractivity contribution in [1.29, 1.82) is 0 Å². The van der Waals surface area contributed by atoms with E-state index in [0.29, 0.717) is 12.4 Å². The quantitative estimate of drug-likeness (QED) is 0.729. The zero-order valence-electron chi connectivity index (χ0n) is 13.9. The van der Waals surface area contributed by atoms with E-state index in [1.807, 2.05) is 97.9 Å². The molecule has 2 aromatic rings. The van der Waals surface area contributed by atoms with E-state index >= 15 is 0 Å². The molecule has 4 nitrogen and oxygen atoms in total. The summed E-state index contributed by atoms with van der Waals surface area (Å²) in [6.45, 7) is 2.49. The first-order chi connectivity index (χ1) is 11.7. The Balaban J connectivity index is 1.73. The predicted octanol–water partition coefficient (Wildman–Crippen LogP) is 4.56. The number of hydrogen-bond acceptors (Lipinski definition) is 4. The molecule has 0 aromatic heterocycles. The highest BCUT2D eigenvalue weighted by atomic mass is 16.7. The predicted molar refractivity (Wildman–Crippen MR) is 94.0 cm³/mol. The fraction of sp³-hybridized carbons (Fsp3) is 0.200. The van der Waals surface area contributed by atoms with Gasteiger partial charge in [-0.05, 0) is 49.4 Å². The molecular formula is C20H21NO3. The third-order valence-electron chi connectivity index (χ3n) is 3.64. The van der Waals surface area contributed by atoms with Crippen LogP contribution in [0.2, 0.25) is 0 Å². The van der Waals surface area contributed by atoms with Crippen molar-refractivity contribution < 1.29 is 14.2 Å². The lowest BCUT2D eigenvalue weighted by Gasteiger charge is -2.39. The molecule has 0 saturated carbocycles. The van der Waals surface area contributed by atoms with Crippen molar-refractivity contribution in [2.24, 2.45) is 0 Å². The number of rotatable bonds is 6. The molecule has 0 spiro atoms. The Labute approximate surface area is 142 Å². The first-order valence-electron chi connectivity index (χ1n) is 7.97. The Bertz CT molecular complexity index is 709. The number of allylic oxidation sites excluding steroid dienone is 2. The van der Waals surface area contributed by atoms with Crippen LogP contribution in [-0.4, -0.2) is 24.5 Å². The molecule has 4 heteroatoms.